The van der Waals surface area contributed by atoms with E-state index < -0.39 is 5.41 Å². The first kappa shape index (κ1) is 8.68. The van der Waals surface area contributed by atoms with Crippen LogP contribution in [0, 0.1) is 5.41 Å². The molecule has 1 atom stereocenters. The molecule has 0 saturated heterocycles. The number of hydrogen-bond acceptors (Lipinski definition) is 2. The van der Waals surface area contributed by atoms with Gasteiger partial charge in [0.2, 0.25) is 0 Å². The first-order valence-corrected chi connectivity index (χ1v) is 3.73. The van der Waals surface area contributed by atoms with Crippen LogP contribution in [0.25, 0.3) is 0 Å². The zero-order valence-corrected chi connectivity index (χ0v) is 7.48. The van der Waals surface area contributed by atoms with Crippen LogP contribution in [0.15, 0.2) is 11.4 Å². The summed E-state index contributed by atoms with van der Waals surface area (Å²) in [4.78, 5) is 0. The molecular formula is C8H15FN2. The maximum Gasteiger partial charge on any atom is 0.108 e. The van der Waals surface area contributed by atoms with Crippen LogP contribution in [0.3, 0.4) is 0 Å². The molecule has 0 radical (unpaired) electrons. The number of nitrogens with two attached hydrogens (primary N) is 1. The van der Waals surface area contributed by atoms with E-state index >= 15 is 0 Å². The Bertz CT molecular complexity index is 206. The number of hydrazine groups is 1. The van der Waals surface area contributed by atoms with Gasteiger partial charge in [-0.1, -0.05) is 13.8 Å². The molecule has 0 fully saturated rings. The van der Waals surface area contributed by atoms with E-state index in [1.807, 2.05) is 13.8 Å². The lowest BCUT2D eigenvalue weighted by atomic mass is 9.68. The van der Waals surface area contributed by atoms with Crippen molar-refractivity contribution in [3.63, 3.8) is 0 Å². The van der Waals surface area contributed by atoms with Crippen molar-refractivity contribution in [1.29, 1.82) is 0 Å². The second-order valence-electron chi connectivity index (χ2n) is 3.79. The van der Waals surface area contributed by atoms with Gasteiger partial charge in [0.05, 0.1) is 6.04 Å². The highest BCUT2D eigenvalue weighted by molar-refractivity contribution is 5.34. The maximum absolute atomic E-state index is 13.1. The number of hydrogen-bond donors (Lipinski definition) is 1. The van der Waals surface area contributed by atoms with Crippen LogP contribution in [-0.4, -0.2) is 18.1 Å². The quantitative estimate of drug-likeness (QED) is 0.462. The fraction of sp³-hybridized carbons (Fsp3) is 0.750. The first-order chi connectivity index (χ1) is 4.89. The molecule has 64 valence electrons. The number of rotatable bonds is 1. The van der Waals surface area contributed by atoms with Crippen LogP contribution in [0.2, 0.25) is 0 Å². The highest BCUT2D eigenvalue weighted by Gasteiger charge is 2.47. The summed E-state index contributed by atoms with van der Waals surface area (Å²) in [6, 6.07) is 0.0579. The molecule has 0 amide bonds. The molecule has 0 aromatic carbocycles. The third-order valence-corrected chi connectivity index (χ3v) is 2.41. The summed E-state index contributed by atoms with van der Waals surface area (Å²) in [5.41, 5.74) is 0.369. The normalized spacial score (nSPS) is 29.2. The van der Waals surface area contributed by atoms with E-state index in [4.69, 9.17) is 5.84 Å². The van der Waals surface area contributed by atoms with Crippen molar-refractivity contribution < 1.29 is 4.39 Å². The summed E-state index contributed by atoms with van der Waals surface area (Å²) in [7, 11) is 1.77. The molecular weight excluding hydrogens is 143 g/mol. The van der Waals surface area contributed by atoms with E-state index in [1.54, 1.807) is 19.0 Å². The molecule has 1 aliphatic carbocycles. The van der Waals surface area contributed by atoms with Gasteiger partial charge in [-0.3, -0.25) is 5.84 Å². The van der Waals surface area contributed by atoms with Crippen molar-refractivity contribution >= 4 is 0 Å². The van der Waals surface area contributed by atoms with Crippen LogP contribution >= 0.6 is 0 Å². The Balaban J connectivity index is 2.90. The third kappa shape index (κ3) is 0.993. The van der Waals surface area contributed by atoms with Crippen molar-refractivity contribution in [3.05, 3.63) is 11.4 Å². The fourth-order valence-corrected chi connectivity index (χ4v) is 2.03. The SMILES string of the molecule is CC1=C(F)C(C)(C)C1N(C)N. The zero-order chi connectivity index (χ0) is 8.81. The van der Waals surface area contributed by atoms with Gasteiger partial charge in [-0.05, 0) is 12.5 Å². The highest BCUT2D eigenvalue weighted by atomic mass is 19.1. The Kier molecular flexibility index (Phi) is 1.81. The molecule has 11 heavy (non-hydrogen) atoms. The molecule has 1 unspecified atom stereocenters. The summed E-state index contributed by atoms with van der Waals surface area (Å²) >= 11 is 0. The molecule has 0 bridgehead atoms. The molecule has 0 spiro atoms. The summed E-state index contributed by atoms with van der Waals surface area (Å²) in [6.45, 7) is 5.52. The molecule has 2 nitrogen and oxygen atoms in total. The summed E-state index contributed by atoms with van der Waals surface area (Å²) in [5.74, 6) is 5.54. The zero-order valence-electron chi connectivity index (χ0n) is 7.48. The number of nitrogens with zero attached hydrogens (tertiary/aromatic N) is 1. The summed E-state index contributed by atoms with van der Waals surface area (Å²) < 4.78 is 13.1. The lowest BCUT2D eigenvalue weighted by Crippen LogP contribution is -2.54. The standard InChI is InChI=1S/C8H15FN2/c1-5-6(9)8(2,3)7(5)11(4)10/h7H,10H2,1-4H3. The fourth-order valence-electron chi connectivity index (χ4n) is 2.03. The lowest BCUT2D eigenvalue weighted by Gasteiger charge is -2.46. The van der Waals surface area contributed by atoms with E-state index in [1.165, 1.54) is 0 Å². The molecule has 0 aliphatic heterocycles. The van der Waals surface area contributed by atoms with Crippen molar-refractivity contribution in [3.8, 4) is 0 Å². The Hall–Kier alpha value is -0.410. The van der Waals surface area contributed by atoms with E-state index in [2.05, 4.69) is 0 Å². The Morgan fingerprint density at radius 1 is 1.55 bits per heavy atom. The number of halogens is 1. The predicted molar refractivity (Wildman–Crippen MR) is 43.3 cm³/mol. The molecule has 0 heterocycles. The molecule has 0 aromatic rings. The molecule has 3 heteroatoms. The number of likely N-dealkylation sites (N-methyl/N-ethyl adjacent to an activating group) is 1. The summed E-state index contributed by atoms with van der Waals surface area (Å²) in [5, 5.41) is 1.57. The topological polar surface area (TPSA) is 29.3 Å². The lowest BCUT2D eigenvalue weighted by molar-refractivity contribution is 0.103. The van der Waals surface area contributed by atoms with Crippen LogP contribution in [0.1, 0.15) is 20.8 Å². The minimum atomic E-state index is -0.395. The van der Waals surface area contributed by atoms with E-state index in [9.17, 15) is 4.39 Å². The largest absolute Gasteiger partial charge is 0.268 e. The minimum absolute atomic E-state index is 0.0141. The van der Waals surface area contributed by atoms with Gasteiger partial charge in [-0.2, -0.15) is 0 Å². The second-order valence-corrected chi connectivity index (χ2v) is 3.79. The average Bonchev–Trinajstić information content (AvgIpc) is 1.85. The highest BCUT2D eigenvalue weighted by Crippen LogP contribution is 2.48. The molecule has 1 rings (SSSR count). The summed E-state index contributed by atoms with van der Waals surface area (Å²) in [6.07, 6.45) is 0. The Morgan fingerprint density at radius 2 is 2.00 bits per heavy atom. The predicted octanol–water partition coefficient (Wildman–Crippen LogP) is 1.44. The minimum Gasteiger partial charge on any atom is -0.268 e. The maximum atomic E-state index is 13.1. The molecule has 1 aliphatic rings. The average molecular weight is 158 g/mol. The van der Waals surface area contributed by atoms with E-state index in [-0.39, 0.29) is 11.9 Å². The van der Waals surface area contributed by atoms with Crippen molar-refractivity contribution in [2.45, 2.75) is 26.8 Å². The van der Waals surface area contributed by atoms with Crippen molar-refractivity contribution in [1.82, 2.24) is 5.01 Å². The van der Waals surface area contributed by atoms with Gasteiger partial charge in [0.1, 0.15) is 5.83 Å². The van der Waals surface area contributed by atoms with Crippen molar-refractivity contribution in [2.24, 2.45) is 11.3 Å². The van der Waals surface area contributed by atoms with E-state index in [0.717, 1.165) is 5.57 Å². The van der Waals surface area contributed by atoms with Gasteiger partial charge in [-0.25, -0.2) is 9.40 Å². The van der Waals surface area contributed by atoms with Crippen LogP contribution in [0.4, 0.5) is 4.39 Å². The van der Waals surface area contributed by atoms with Crippen LogP contribution in [0.5, 0.6) is 0 Å². The molecule has 2 N–H and O–H groups in total. The van der Waals surface area contributed by atoms with Gasteiger partial charge in [-0.15, -0.1) is 0 Å². The third-order valence-electron chi connectivity index (χ3n) is 2.41. The van der Waals surface area contributed by atoms with Crippen LogP contribution < -0.4 is 5.84 Å². The van der Waals surface area contributed by atoms with Gasteiger partial charge < -0.3 is 0 Å². The molecule has 0 aromatic heterocycles. The Morgan fingerprint density at radius 3 is 2.18 bits per heavy atom. The van der Waals surface area contributed by atoms with Gasteiger partial charge in [0.15, 0.2) is 0 Å². The van der Waals surface area contributed by atoms with E-state index in [0.29, 0.717) is 0 Å². The monoisotopic (exact) mass is 158 g/mol. The second kappa shape index (κ2) is 2.29. The van der Waals surface area contributed by atoms with Crippen LogP contribution in [-0.2, 0) is 0 Å². The first-order valence-electron chi connectivity index (χ1n) is 3.73. The van der Waals surface area contributed by atoms with Crippen molar-refractivity contribution in [2.75, 3.05) is 7.05 Å². The van der Waals surface area contributed by atoms with Gasteiger partial charge in [0, 0.05) is 12.5 Å². The van der Waals surface area contributed by atoms with Gasteiger partial charge in [0.25, 0.3) is 0 Å². The smallest absolute Gasteiger partial charge is 0.108 e. The molecule has 0 saturated carbocycles. The van der Waals surface area contributed by atoms with Gasteiger partial charge >= 0.3 is 0 Å². The Labute approximate surface area is 66.8 Å².